The fraction of sp³-hybridized carbons (Fsp3) is 0.455. The standard InChI is InChI=1S/C22H26ClF3N2O.ClH/c1-3-12-5-14-7-17(8-15(14)6-13(12)4-2)28-20(11-29)16-9-18(22(24,25)26)21(27)19(23)10-16;/h5-6,9-10,17,20,28-29H,3-4,7-8,11,27H2,1-2H3;1H. The number of aryl methyl sites for hydroxylation is 2. The normalized spacial score (nSPS) is 15.0. The molecule has 0 radical (unpaired) electrons. The van der Waals surface area contributed by atoms with E-state index in [2.05, 4.69) is 31.3 Å². The molecular formula is C22H27Cl2F3N2O. The largest absolute Gasteiger partial charge is 0.418 e. The van der Waals surface area contributed by atoms with Crippen LogP contribution in [-0.4, -0.2) is 17.8 Å². The monoisotopic (exact) mass is 462 g/mol. The van der Waals surface area contributed by atoms with Crippen molar-refractivity contribution in [3.63, 3.8) is 0 Å². The van der Waals surface area contributed by atoms with Crippen molar-refractivity contribution in [2.24, 2.45) is 0 Å². The van der Waals surface area contributed by atoms with E-state index in [9.17, 15) is 18.3 Å². The first-order valence-electron chi connectivity index (χ1n) is 9.84. The minimum absolute atomic E-state index is 0. The zero-order chi connectivity index (χ0) is 21.3. The zero-order valence-corrected chi connectivity index (χ0v) is 18.5. The lowest BCUT2D eigenvalue weighted by Crippen LogP contribution is -2.35. The minimum atomic E-state index is -4.61. The third-order valence-corrected chi connectivity index (χ3v) is 6.01. The maximum absolute atomic E-state index is 13.3. The number of nitrogens with one attached hydrogen (secondary N) is 1. The summed E-state index contributed by atoms with van der Waals surface area (Å²) < 4.78 is 39.8. The molecule has 166 valence electrons. The number of nitrogen functional groups attached to an aromatic ring is 1. The maximum Gasteiger partial charge on any atom is 0.418 e. The topological polar surface area (TPSA) is 58.3 Å². The molecule has 30 heavy (non-hydrogen) atoms. The van der Waals surface area contributed by atoms with Crippen molar-refractivity contribution in [1.29, 1.82) is 0 Å². The van der Waals surface area contributed by atoms with Crippen molar-refractivity contribution < 1.29 is 18.3 Å². The van der Waals surface area contributed by atoms with Crippen LogP contribution in [-0.2, 0) is 31.9 Å². The molecule has 0 saturated heterocycles. The van der Waals surface area contributed by atoms with E-state index in [1.165, 1.54) is 28.3 Å². The van der Waals surface area contributed by atoms with Crippen molar-refractivity contribution >= 4 is 29.7 Å². The van der Waals surface area contributed by atoms with E-state index < -0.39 is 23.5 Å². The molecule has 0 amide bonds. The number of rotatable bonds is 6. The van der Waals surface area contributed by atoms with Gasteiger partial charge in [0.2, 0.25) is 0 Å². The molecule has 0 spiro atoms. The van der Waals surface area contributed by atoms with Crippen LogP contribution in [0.5, 0.6) is 0 Å². The molecule has 3 rings (SSSR count). The lowest BCUT2D eigenvalue weighted by atomic mass is 9.97. The van der Waals surface area contributed by atoms with Crippen molar-refractivity contribution in [2.75, 3.05) is 12.3 Å². The Balaban J connectivity index is 0.00000320. The molecule has 0 heterocycles. The van der Waals surface area contributed by atoms with Gasteiger partial charge in [0, 0.05) is 6.04 Å². The molecule has 2 aromatic rings. The average molecular weight is 463 g/mol. The van der Waals surface area contributed by atoms with Crippen LogP contribution in [0.15, 0.2) is 24.3 Å². The van der Waals surface area contributed by atoms with Crippen molar-refractivity contribution in [2.45, 2.75) is 57.8 Å². The highest BCUT2D eigenvalue weighted by atomic mass is 35.5. The molecule has 0 aliphatic heterocycles. The Morgan fingerprint density at radius 2 is 1.63 bits per heavy atom. The number of fused-ring (bicyclic) bond motifs is 1. The predicted molar refractivity (Wildman–Crippen MR) is 117 cm³/mol. The summed E-state index contributed by atoms with van der Waals surface area (Å²) in [4.78, 5) is 0. The number of halogens is 5. The molecule has 2 aromatic carbocycles. The van der Waals surface area contributed by atoms with Crippen LogP contribution in [0.4, 0.5) is 18.9 Å². The van der Waals surface area contributed by atoms with Gasteiger partial charge in [0.1, 0.15) is 0 Å². The number of anilines is 1. The highest BCUT2D eigenvalue weighted by Crippen LogP contribution is 2.39. The van der Waals surface area contributed by atoms with Crippen molar-refractivity contribution in [3.05, 3.63) is 62.7 Å². The van der Waals surface area contributed by atoms with Gasteiger partial charge in [0.25, 0.3) is 0 Å². The number of hydrogen-bond donors (Lipinski definition) is 3. The smallest absolute Gasteiger partial charge is 0.397 e. The van der Waals surface area contributed by atoms with E-state index in [-0.39, 0.29) is 35.6 Å². The van der Waals surface area contributed by atoms with Gasteiger partial charge in [-0.2, -0.15) is 13.2 Å². The first-order valence-corrected chi connectivity index (χ1v) is 10.2. The first-order chi connectivity index (χ1) is 13.7. The molecule has 0 bridgehead atoms. The second-order valence-electron chi connectivity index (χ2n) is 7.57. The fourth-order valence-electron chi connectivity index (χ4n) is 4.16. The quantitative estimate of drug-likeness (QED) is 0.511. The van der Waals surface area contributed by atoms with Crippen LogP contribution in [0.3, 0.4) is 0 Å². The number of benzene rings is 2. The van der Waals surface area contributed by atoms with Crippen LogP contribution < -0.4 is 11.1 Å². The molecule has 3 nitrogen and oxygen atoms in total. The second kappa shape index (κ2) is 9.77. The van der Waals surface area contributed by atoms with Crippen LogP contribution >= 0.6 is 24.0 Å². The third-order valence-electron chi connectivity index (χ3n) is 5.70. The van der Waals surface area contributed by atoms with Gasteiger partial charge >= 0.3 is 6.18 Å². The molecule has 1 atom stereocenters. The van der Waals surface area contributed by atoms with Gasteiger partial charge in [-0.3, -0.25) is 0 Å². The number of aliphatic hydroxyl groups is 1. The number of aliphatic hydroxyl groups excluding tert-OH is 1. The molecule has 1 unspecified atom stereocenters. The minimum Gasteiger partial charge on any atom is -0.397 e. The summed E-state index contributed by atoms with van der Waals surface area (Å²) in [6, 6.07) is 6.22. The number of alkyl halides is 3. The van der Waals surface area contributed by atoms with Crippen LogP contribution in [0.2, 0.25) is 5.02 Å². The summed E-state index contributed by atoms with van der Waals surface area (Å²) in [7, 11) is 0. The van der Waals surface area contributed by atoms with Crippen LogP contribution in [0.25, 0.3) is 0 Å². The Morgan fingerprint density at radius 1 is 1.10 bits per heavy atom. The molecule has 1 aliphatic rings. The summed E-state index contributed by atoms with van der Waals surface area (Å²) in [5.41, 5.74) is 9.53. The highest BCUT2D eigenvalue weighted by molar-refractivity contribution is 6.33. The average Bonchev–Trinajstić information content (AvgIpc) is 3.07. The molecule has 1 aliphatic carbocycles. The molecule has 0 saturated carbocycles. The van der Waals surface area contributed by atoms with Gasteiger partial charge < -0.3 is 16.2 Å². The van der Waals surface area contributed by atoms with Crippen molar-refractivity contribution in [3.8, 4) is 0 Å². The van der Waals surface area contributed by atoms with E-state index in [1.807, 2.05) is 0 Å². The first kappa shape index (κ1) is 24.8. The van der Waals surface area contributed by atoms with Crippen LogP contribution in [0.1, 0.15) is 53.3 Å². The fourth-order valence-corrected chi connectivity index (χ4v) is 4.39. The summed E-state index contributed by atoms with van der Waals surface area (Å²) in [5, 5.41) is 13.0. The van der Waals surface area contributed by atoms with E-state index in [4.69, 9.17) is 17.3 Å². The highest BCUT2D eigenvalue weighted by Gasteiger charge is 2.35. The van der Waals surface area contributed by atoms with Crippen molar-refractivity contribution in [1.82, 2.24) is 5.32 Å². The van der Waals surface area contributed by atoms with Gasteiger partial charge in [0.15, 0.2) is 0 Å². The molecular weight excluding hydrogens is 436 g/mol. The number of hydrogen-bond acceptors (Lipinski definition) is 3. The SMILES string of the molecule is CCc1cc2c(cc1CC)CC(NC(CO)c1cc(Cl)c(N)c(C(F)(F)F)c1)C2.Cl. The summed E-state index contributed by atoms with van der Waals surface area (Å²) in [6.07, 6.45) is -1.12. The molecule has 0 fully saturated rings. The lowest BCUT2D eigenvalue weighted by molar-refractivity contribution is -0.137. The molecule has 8 heteroatoms. The molecule has 0 aromatic heterocycles. The Morgan fingerprint density at radius 3 is 2.07 bits per heavy atom. The van der Waals surface area contributed by atoms with Gasteiger partial charge in [-0.15, -0.1) is 12.4 Å². The van der Waals surface area contributed by atoms with E-state index in [0.717, 1.165) is 31.7 Å². The summed E-state index contributed by atoms with van der Waals surface area (Å²) in [6.45, 7) is 3.93. The number of nitrogens with two attached hydrogens (primary N) is 1. The predicted octanol–water partition coefficient (Wildman–Crippen LogP) is 5.28. The maximum atomic E-state index is 13.3. The van der Waals surface area contributed by atoms with Gasteiger partial charge in [-0.25, -0.2) is 0 Å². The summed E-state index contributed by atoms with van der Waals surface area (Å²) in [5.74, 6) is 0. The Labute approximate surface area is 186 Å². The van der Waals surface area contributed by atoms with E-state index >= 15 is 0 Å². The summed E-state index contributed by atoms with van der Waals surface area (Å²) >= 11 is 5.95. The van der Waals surface area contributed by atoms with Gasteiger partial charge in [0.05, 0.1) is 28.9 Å². The van der Waals surface area contributed by atoms with Crippen LogP contribution in [0, 0.1) is 0 Å². The van der Waals surface area contributed by atoms with Gasteiger partial charge in [-0.1, -0.05) is 37.6 Å². The Kier molecular flexibility index (Phi) is 8.08. The lowest BCUT2D eigenvalue weighted by Gasteiger charge is -2.23. The van der Waals surface area contributed by atoms with Gasteiger partial charge in [-0.05, 0) is 65.6 Å². The molecule has 4 N–H and O–H groups in total. The van der Waals surface area contributed by atoms with E-state index in [1.54, 1.807) is 0 Å². The van der Waals surface area contributed by atoms with E-state index in [0.29, 0.717) is 0 Å². The zero-order valence-electron chi connectivity index (χ0n) is 16.9. The third kappa shape index (κ3) is 5.05. The Bertz CT molecular complexity index is 870. The Hall–Kier alpha value is -1.47. The second-order valence-corrected chi connectivity index (χ2v) is 7.97.